The second kappa shape index (κ2) is 7.28. The standard InChI is InChI=1S/C19H17BrN2OS/c1-12(2)14-6-3-13(4-7-14)5-10-18(23)22-19-21-16-9-8-15(20)11-17(16)24-19/h3-12H,1-2H3,(H,21,22,23)/b10-5+. The van der Waals surface area contributed by atoms with Crippen molar-refractivity contribution in [2.24, 2.45) is 0 Å². The van der Waals surface area contributed by atoms with Crippen molar-refractivity contribution >= 4 is 54.6 Å². The highest BCUT2D eigenvalue weighted by Crippen LogP contribution is 2.28. The van der Waals surface area contributed by atoms with Crippen LogP contribution in [0.5, 0.6) is 0 Å². The van der Waals surface area contributed by atoms with Crippen molar-refractivity contribution < 1.29 is 4.79 Å². The number of fused-ring (bicyclic) bond motifs is 1. The van der Waals surface area contributed by atoms with Crippen LogP contribution in [0.4, 0.5) is 5.13 Å². The third-order valence-corrected chi connectivity index (χ3v) is 5.04. The summed E-state index contributed by atoms with van der Waals surface area (Å²) < 4.78 is 2.04. The zero-order valence-electron chi connectivity index (χ0n) is 13.4. The van der Waals surface area contributed by atoms with Crippen LogP contribution < -0.4 is 5.32 Å². The normalized spacial score (nSPS) is 11.5. The van der Waals surface area contributed by atoms with Gasteiger partial charge in [-0.3, -0.25) is 10.1 Å². The molecule has 1 aromatic heterocycles. The summed E-state index contributed by atoms with van der Waals surface area (Å²) in [4.78, 5) is 16.5. The van der Waals surface area contributed by atoms with Gasteiger partial charge < -0.3 is 0 Å². The van der Waals surface area contributed by atoms with Gasteiger partial charge in [0.15, 0.2) is 5.13 Å². The van der Waals surface area contributed by atoms with Crippen molar-refractivity contribution in [1.82, 2.24) is 4.98 Å². The minimum Gasteiger partial charge on any atom is -0.298 e. The van der Waals surface area contributed by atoms with E-state index < -0.39 is 0 Å². The quantitative estimate of drug-likeness (QED) is 0.559. The van der Waals surface area contributed by atoms with Crippen LogP contribution in [-0.2, 0) is 4.79 Å². The average Bonchev–Trinajstić information content (AvgIpc) is 2.94. The molecule has 3 rings (SSSR count). The summed E-state index contributed by atoms with van der Waals surface area (Å²) >= 11 is 4.90. The highest BCUT2D eigenvalue weighted by atomic mass is 79.9. The van der Waals surface area contributed by atoms with Gasteiger partial charge in [0.2, 0.25) is 5.91 Å². The molecule has 1 amide bonds. The fraction of sp³-hybridized carbons (Fsp3) is 0.158. The van der Waals surface area contributed by atoms with E-state index in [1.165, 1.54) is 23.0 Å². The minimum atomic E-state index is -0.180. The number of benzene rings is 2. The van der Waals surface area contributed by atoms with Crippen LogP contribution in [0.2, 0.25) is 0 Å². The second-order valence-electron chi connectivity index (χ2n) is 5.78. The van der Waals surface area contributed by atoms with Crippen molar-refractivity contribution in [2.75, 3.05) is 5.32 Å². The minimum absolute atomic E-state index is 0.180. The van der Waals surface area contributed by atoms with Gasteiger partial charge in [-0.15, -0.1) is 0 Å². The number of thiazole rings is 1. The number of hydrogen-bond donors (Lipinski definition) is 1. The van der Waals surface area contributed by atoms with E-state index >= 15 is 0 Å². The van der Waals surface area contributed by atoms with Crippen LogP contribution in [0.15, 0.2) is 53.0 Å². The topological polar surface area (TPSA) is 42.0 Å². The number of carbonyl (C=O) groups is 1. The molecule has 0 fully saturated rings. The van der Waals surface area contributed by atoms with Crippen LogP contribution in [0, 0.1) is 0 Å². The Kier molecular flexibility index (Phi) is 5.11. The molecule has 0 aliphatic rings. The van der Waals surface area contributed by atoms with Crippen LogP contribution in [0.25, 0.3) is 16.3 Å². The molecule has 5 heteroatoms. The van der Waals surface area contributed by atoms with E-state index in [0.717, 1.165) is 20.3 Å². The maximum absolute atomic E-state index is 12.1. The van der Waals surface area contributed by atoms with Crippen LogP contribution in [0.3, 0.4) is 0 Å². The van der Waals surface area contributed by atoms with Crippen molar-refractivity contribution in [3.63, 3.8) is 0 Å². The molecule has 0 radical (unpaired) electrons. The number of nitrogens with one attached hydrogen (secondary N) is 1. The highest BCUT2D eigenvalue weighted by Gasteiger charge is 2.06. The average molecular weight is 401 g/mol. The summed E-state index contributed by atoms with van der Waals surface area (Å²) in [6.45, 7) is 4.32. The molecule has 1 heterocycles. The molecule has 0 saturated heterocycles. The van der Waals surface area contributed by atoms with Crippen molar-refractivity contribution in [2.45, 2.75) is 19.8 Å². The van der Waals surface area contributed by atoms with E-state index in [2.05, 4.69) is 52.2 Å². The van der Waals surface area contributed by atoms with Gasteiger partial charge in [-0.05, 0) is 41.3 Å². The highest BCUT2D eigenvalue weighted by molar-refractivity contribution is 9.10. The van der Waals surface area contributed by atoms with Crippen molar-refractivity contribution in [3.8, 4) is 0 Å². The number of anilines is 1. The third kappa shape index (κ3) is 4.10. The molecule has 0 unspecified atom stereocenters. The number of amides is 1. The van der Waals surface area contributed by atoms with Crippen LogP contribution >= 0.6 is 27.3 Å². The molecule has 0 atom stereocenters. The summed E-state index contributed by atoms with van der Waals surface area (Å²) in [5.41, 5.74) is 3.17. The Morgan fingerprint density at radius 2 is 1.96 bits per heavy atom. The summed E-state index contributed by atoms with van der Waals surface area (Å²) in [7, 11) is 0. The summed E-state index contributed by atoms with van der Waals surface area (Å²) in [6.07, 6.45) is 3.34. The van der Waals surface area contributed by atoms with E-state index in [9.17, 15) is 4.79 Å². The molecule has 0 spiro atoms. The molecule has 0 aliphatic carbocycles. The number of halogens is 1. The molecule has 0 saturated carbocycles. The molecule has 1 N–H and O–H groups in total. The number of nitrogens with zero attached hydrogens (tertiary/aromatic N) is 1. The second-order valence-corrected chi connectivity index (χ2v) is 7.72. The first-order valence-electron chi connectivity index (χ1n) is 7.66. The van der Waals surface area contributed by atoms with Gasteiger partial charge in [0, 0.05) is 10.5 Å². The Balaban J connectivity index is 1.67. The van der Waals surface area contributed by atoms with Crippen LogP contribution in [0.1, 0.15) is 30.9 Å². The molecule has 0 aliphatic heterocycles. The van der Waals surface area contributed by atoms with Crippen molar-refractivity contribution in [3.05, 3.63) is 64.1 Å². The Bertz CT molecular complexity index is 897. The predicted molar refractivity (Wildman–Crippen MR) is 106 cm³/mol. The maximum Gasteiger partial charge on any atom is 0.250 e. The number of carbonyl (C=O) groups excluding carboxylic acids is 1. The van der Waals surface area contributed by atoms with Gasteiger partial charge >= 0.3 is 0 Å². The summed E-state index contributed by atoms with van der Waals surface area (Å²) in [5.74, 6) is 0.325. The molecule has 122 valence electrons. The van der Waals surface area contributed by atoms with Gasteiger partial charge in [-0.2, -0.15) is 0 Å². The smallest absolute Gasteiger partial charge is 0.250 e. The lowest BCUT2D eigenvalue weighted by atomic mass is 10.0. The molecule has 3 nitrogen and oxygen atoms in total. The van der Waals surface area contributed by atoms with E-state index in [0.29, 0.717) is 11.0 Å². The first-order valence-corrected chi connectivity index (χ1v) is 9.27. The van der Waals surface area contributed by atoms with Gasteiger partial charge in [0.1, 0.15) is 0 Å². The molecular weight excluding hydrogens is 384 g/mol. The van der Waals surface area contributed by atoms with E-state index in [4.69, 9.17) is 0 Å². The lowest BCUT2D eigenvalue weighted by Gasteiger charge is -2.04. The lowest BCUT2D eigenvalue weighted by molar-refractivity contribution is -0.111. The Labute approximate surface area is 153 Å². The van der Waals surface area contributed by atoms with E-state index in [1.54, 1.807) is 0 Å². The maximum atomic E-state index is 12.1. The monoisotopic (exact) mass is 400 g/mol. The van der Waals surface area contributed by atoms with Gasteiger partial charge in [-0.25, -0.2) is 4.98 Å². The summed E-state index contributed by atoms with van der Waals surface area (Å²) in [6, 6.07) is 14.1. The third-order valence-electron chi connectivity index (χ3n) is 3.61. The molecule has 3 aromatic rings. The summed E-state index contributed by atoms with van der Waals surface area (Å²) in [5, 5.41) is 3.42. The number of aromatic nitrogens is 1. The SMILES string of the molecule is CC(C)c1ccc(/C=C/C(=O)Nc2nc3ccc(Br)cc3s2)cc1. The first-order chi connectivity index (χ1) is 11.5. The largest absolute Gasteiger partial charge is 0.298 e. The van der Waals surface area contributed by atoms with Gasteiger partial charge in [0.05, 0.1) is 10.2 Å². The van der Waals surface area contributed by atoms with Gasteiger partial charge in [0.25, 0.3) is 0 Å². The molecule has 24 heavy (non-hydrogen) atoms. The lowest BCUT2D eigenvalue weighted by Crippen LogP contribution is -2.07. The molecule has 0 bridgehead atoms. The Morgan fingerprint density at radius 1 is 1.21 bits per heavy atom. The Morgan fingerprint density at radius 3 is 2.67 bits per heavy atom. The Hall–Kier alpha value is -1.98. The zero-order valence-corrected chi connectivity index (χ0v) is 15.8. The molecular formula is C19H17BrN2OS. The van der Waals surface area contributed by atoms with E-state index in [1.807, 2.05) is 36.4 Å². The first kappa shape index (κ1) is 16.9. The van der Waals surface area contributed by atoms with E-state index in [-0.39, 0.29) is 5.91 Å². The van der Waals surface area contributed by atoms with Crippen molar-refractivity contribution in [1.29, 1.82) is 0 Å². The molecule has 2 aromatic carbocycles. The fourth-order valence-electron chi connectivity index (χ4n) is 2.26. The van der Waals surface area contributed by atoms with Gasteiger partial charge in [-0.1, -0.05) is 65.4 Å². The number of hydrogen-bond acceptors (Lipinski definition) is 3. The number of rotatable bonds is 4. The zero-order chi connectivity index (χ0) is 17.1. The fourth-order valence-corrected chi connectivity index (χ4v) is 3.68. The predicted octanol–water partition coefficient (Wildman–Crippen LogP) is 5.83. The van der Waals surface area contributed by atoms with Crippen LogP contribution in [-0.4, -0.2) is 10.9 Å².